The van der Waals surface area contributed by atoms with E-state index in [0.717, 1.165) is 8.95 Å². The lowest BCUT2D eigenvalue weighted by molar-refractivity contribution is -0.118. The lowest BCUT2D eigenvalue weighted by Crippen LogP contribution is -2.20. The second-order valence-electron chi connectivity index (χ2n) is 4.71. The highest BCUT2D eigenvalue weighted by molar-refractivity contribution is 9.11. The molecule has 0 aliphatic rings. The Labute approximate surface area is 156 Å². The van der Waals surface area contributed by atoms with Gasteiger partial charge in [0.25, 0.3) is 5.91 Å². The number of anilines is 1. The number of rotatable bonds is 6. The molecule has 5 nitrogen and oxygen atoms in total. The largest absolute Gasteiger partial charge is 0.483 e. The average molecular weight is 457 g/mol. The van der Waals surface area contributed by atoms with Gasteiger partial charge in [0.1, 0.15) is 5.75 Å². The monoisotopic (exact) mass is 455 g/mol. The summed E-state index contributed by atoms with van der Waals surface area (Å²) in [6.07, 6.45) is 0. The number of amides is 1. The molecule has 0 aliphatic carbocycles. The molecule has 126 valence electrons. The Balaban J connectivity index is 1.89. The standard InChI is InChI=1S/C17H15Br2NO4/c1-2-23-17(22)11-3-6-13(7-4-11)20-16(21)10-24-15-8-5-12(18)9-14(15)19/h3-9H,2,10H2,1H3,(H,20,21). The molecule has 0 radical (unpaired) electrons. The molecular weight excluding hydrogens is 442 g/mol. The molecule has 0 saturated heterocycles. The van der Waals surface area contributed by atoms with Crippen molar-refractivity contribution in [1.82, 2.24) is 0 Å². The number of esters is 1. The van der Waals surface area contributed by atoms with Crippen LogP contribution in [0.5, 0.6) is 5.75 Å². The Morgan fingerprint density at radius 1 is 1.08 bits per heavy atom. The number of hydrogen-bond donors (Lipinski definition) is 1. The first-order valence-corrected chi connectivity index (χ1v) is 8.73. The van der Waals surface area contributed by atoms with Gasteiger partial charge >= 0.3 is 5.97 Å². The number of hydrogen-bond acceptors (Lipinski definition) is 4. The minimum absolute atomic E-state index is 0.125. The predicted molar refractivity (Wildman–Crippen MR) is 98.4 cm³/mol. The van der Waals surface area contributed by atoms with Crippen LogP contribution in [0, 0.1) is 0 Å². The summed E-state index contributed by atoms with van der Waals surface area (Å²) in [6, 6.07) is 11.9. The van der Waals surface area contributed by atoms with Gasteiger partial charge in [0, 0.05) is 10.2 Å². The van der Waals surface area contributed by atoms with Gasteiger partial charge in [-0.2, -0.15) is 0 Å². The van der Waals surface area contributed by atoms with E-state index in [4.69, 9.17) is 9.47 Å². The van der Waals surface area contributed by atoms with Crippen molar-refractivity contribution in [3.63, 3.8) is 0 Å². The van der Waals surface area contributed by atoms with E-state index >= 15 is 0 Å². The van der Waals surface area contributed by atoms with Gasteiger partial charge in [0.05, 0.1) is 16.6 Å². The van der Waals surface area contributed by atoms with E-state index in [9.17, 15) is 9.59 Å². The molecule has 0 aromatic heterocycles. The quantitative estimate of drug-likeness (QED) is 0.654. The first kappa shape index (κ1) is 18.5. The van der Waals surface area contributed by atoms with Crippen LogP contribution in [-0.4, -0.2) is 25.1 Å². The lowest BCUT2D eigenvalue weighted by Gasteiger charge is -2.09. The van der Waals surface area contributed by atoms with Gasteiger partial charge in [-0.05, 0) is 65.3 Å². The van der Waals surface area contributed by atoms with Crippen molar-refractivity contribution >= 4 is 49.4 Å². The van der Waals surface area contributed by atoms with Crippen LogP contribution in [0.25, 0.3) is 0 Å². The zero-order valence-corrected chi connectivity index (χ0v) is 16.0. The van der Waals surface area contributed by atoms with Gasteiger partial charge in [-0.1, -0.05) is 15.9 Å². The number of carbonyl (C=O) groups excluding carboxylic acids is 2. The molecule has 0 heterocycles. The van der Waals surface area contributed by atoms with Crippen LogP contribution in [0.2, 0.25) is 0 Å². The zero-order valence-electron chi connectivity index (χ0n) is 12.8. The van der Waals surface area contributed by atoms with Gasteiger partial charge in [-0.3, -0.25) is 4.79 Å². The molecule has 0 fully saturated rings. The second-order valence-corrected chi connectivity index (χ2v) is 6.48. The molecule has 1 amide bonds. The maximum absolute atomic E-state index is 11.9. The maximum atomic E-state index is 11.9. The van der Waals surface area contributed by atoms with Crippen LogP contribution in [0.1, 0.15) is 17.3 Å². The minimum atomic E-state index is -0.390. The molecule has 2 aromatic rings. The van der Waals surface area contributed by atoms with E-state index in [2.05, 4.69) is 37.2 Å². The fourth-order valence-electron chi connectivity index (χ4n) is 1.84. The Hall–Kier alpha value is -1.86. The third kappa shape index (κ3) is 5.35. The highest BCUT2D eigenvalue weighted by Crippen LogP contribution is 2.28. The Morgan fingerprint density at radius 2 is 1.79 bits per heavy atom. The SMILES string of the molecule is CCOC(=O)c1ccc(NC(=O)COc2ccc(Br)cc2Br)cc1. The fourth-order valence-corrected chi connectivity index (χ4v) is 3.00. The van der Waals surface area contributed by atoms with Gasteiger partial charge < -0.3 is 14.8 Å². The molecule has 1 N–H and O–H groups in total. The first-order chi connectivity index (χ1) is 11.5. The van der Waals surface area contributed by atoms with Crippen LogP contribution < -0.4 is 10.1 Å². The van der Waals surface area contributed by atoms with Crippen molar-refractivity contribution in [2.45, 2.75) is 6.92 Å². The number of carbonyl (C=O) groups is 2. The van der Waals surface area contributed by atoms with Crippen molar-refractivity contribution in [3.8, 4) is 5.75 Å². The molecule has 7 heteroatoms. The third-order valence-electron chi connectivity index (χ3n) is 2.93. The lowest BCUT2D eigenvalue weighted by atomic mass is 10.2. The minimum Gasteiger partial charge on any atom is -0.483 e. The van der Waals surface area contributed by atoms with Crippen molar-refractivity contribution in [2.24, 2.45) is 0 Å². The Morgan fingerprint density at radius 3 is 2.42 bits per heavy atom. The van der Waals surface area contributed by atoms with Crippen LogP contribution >= 0.6 is 31.9 Å². The summed E-state index contributed by atoms with van der Waals surface area (Å²) in [4.78, 5) is 23.5. The molecule has 24 heavy (non-hydrogen) atoms. The molecule has 0 spiro atoms. The van der Waals surface area contributed by atoms with Crippen molar-refractivity contribution in [3.05, 3.63) is 57.0 Å². The van der Waals surface area contributed by atoms with E-state index in [0.29, 0.717) is 23.6 Å². The number of ether oxygens (including phenoxy) is 2. The molecule has 0 saturated carbocycles. The van der Waals surface area contributed by atoms with Gasteiger partial charge in [-0.15, -0.1) is 0 Å². The van der Waals surface area contributed by atoms with Crippen LogP contribution in [0.3, 0.4) is 0 Å². The van der Waals surface area contributed by atoms with Crippen molar-refractivity contribution < 1.29 is 19.1 Å². The summed E-state index contributed by atoms with van der Waals surface area (Å²) in [7, 11) is 0. The van der Waals surface area contributed by atoms with Crippen LogP contribution in [0.15, 0.2) is 51.4 Å². The summed E-state index contributed by atoms with van der Waals surface area (Å²) in [5, 5.41) is 2.70. The van der Waals surface area contributed by atoms with Crippen LogP contribution in [0.4, 0.5) is 5.69 Å². The zero-order chi connectivity index (χ0) is 17.5. The Bertz CT molecular complexity index is 732. The van der Waals surface area contributed by atoms with Gasteiger partial charge in [-0.25, -0.2) is 4.79 Å². The normalized spacial score (nSPS) is 10.1. The Kier molecular flexibility index (Phi) is 6.81. The summed E-state index contributed by atoms with van der Waals surface area (Å²) in [5.74, 6) is -0.112. The van der Waals surface area contributed by atoms with Gasteiger partial charge in [0.15, 0.2) is 6.61 Å². The predicted octanol–water partition coefficient (Wildman–Crippen LogP) is 4.41. The van der Waals surface area contributed by atoms with E-state index in [-0.39, 0.29) is 12.5 Å². The topological polar surface area (TPSA) is 64.6 Å². The molecule has 0 unspecified atom stereocenters. The molecule has 2 rings (SSSR count). The van der Waals surface area contributed by atoms with E-state index in [1.807, 2.05) is 12.1 Å². The van der Waals surface area contributed by atoms with E-state index in [1.54, 1.807) is 37.3 Å². The highest BCUT2D eigenvalue weighted by atomic mass is 79.9. The van der Waals surface area contributed by atoms with Crippen molar-refractivity contribution in [1.29, 1.82) is 0 Å². The molecule has 0 bridgehead atoms. The summed E-state index contributed by atoms with van der Waals surface area (Å²) in [5.41, 5.74) is 1.01. The van der Waals surface area contributed by atoms with Crippen molar-refractivity contribution in [2.75, 3.05) is 18.5 Å². The third-order valence-corrected chi connectivity index (χ3v) is 4.05. The smallest absolute Gasteiger partial charge is 0.338 e. The maximum Gasteiger partial charge on any atom is 0.338 e. The summed E-state index contributed by atoms with van der Waals surface area (Å²) < 4.78 is 12.0. The fraction of sp³-hybridized carbons (Fsp3) is 0.176. The second kappa shape index (κ2) is 8.84. The molecule has 0 atom stereocenters. The van der Waals surface area contributed by atoms with Gasteiger partial charge in [0.2, 0.25) is 0 Å². The molecular formula is C17H15Br2NO4. The van der Waals surface area contributed by atoms with Crippen LogP contribution in [-0.2, 0) is 9.53 Å². The average Bonchev–Trinajstić information content (AvgIpc) is 2.55. The van der Waals surface area contributed by atoms with E-state index in [1.165, 1.54) is 0 Å². The molecule has 2 aromatic carbocycles. The number of halogens is 2. The molecule has 0 aliphatic heterocycles. The summed E-state index contributed by atoms with van der Waals surface area (Å²) in [6.45, 7) is 1.94. The number of nitrogens with one attached hydrogen (secondary N) is 1. The summed E-state index contributed by atoms with van der Waals surface area (Å²) >= 11 is 6.72. The first-order valence-electron chi connectivity index (χ1n) is 7.14. The van der Waals surface area contributed by atoms with E-state index < -0.39 is 5.97 Å². The number of benzene rings is 2. The highest BCUT2D eigenvalue weighted by Gasteiger charge is 2.09.